The van der Waals surface area contributed by atoms with Crippen molar-refractivity contribution in [2.24, 2.45) is 5.92 Å². The maximum absolute atomic E-state index is 12.0. The molecule has 1 atom stereocenters. The molecule has 1 aliphatic carbocycles. The largest absolute Gasteiger partial charge is 0.358 e. The topological polar surface area (TPSA) is 29.1 Å². The van der Waals surface area contributed by atoms with Crippen LogP contribution in [0.25, 0.3) is 0 Å². The molecule has 2 nitrogen and oxygen atoms in total. The fourth-order valence-electron chi connectivity index (χ4n) is 0.681. The molecule has 0 aromatic heterocycles. The molecule has 1 rings (SSSR count). The van der Waals surface area contributed by atoms with Crippen molar-refractivity contribution in [3.05, 3.63) is 0 Å². The Morgan fingerprint density at radius 2 is 2.33 bits per heavy atom. The third-order valence-electron chi connectivity index (χ3n) is 1.40. The van der Waals surface area contributed by atoms with E-state index in [0.717, 1.165) is 0 Å². The molecule has 0 aliphatic heterocycles. The number of alkyl halides is 2. The first kappa shape index (κ1) is 6.45. The second-order valence-corrected chi connectivity index (χ2v) is 2.19. The summed E-state index contributed by atoms with van der Waals surface area (Å²) < 4.78 is 23.9. The molecular weight excluding hydrogens is 128 g/mol. The Bertz CT molecular complexity index is 126. The summed E-state index contributed by atoms with van der Waals surface area (Å²) in [6.07, 6.45) is 0.363. The van der Waals surface area contributed by atoms with Crippen LogP contribution in [0.4, 0.5) is 8.78 Å². The number of halogens is 2. The van der Waals surface area contributed by atoms with Crippen LogP contribution in [-0.2, 0) is 4.79 Å². The van der Waals surface area contributed by atoms with Gasteiger partial charge in [-0.15, -0.1) is 0 Å². The molecule has 1 aliphatic rings. The second kappa shape index (κ2) is 1.93. The fraction of sp³-hybridized carbons (Fsp3) is 0.800. The van der Waals surface area contributed by atoms with Crippen LogP contribution < -0.4 is 5.32 Å². The van der Waals surface area contributed by atoms with E-state index in [1.807, 2.05) is 0 Å². The van der Waals surface area contributed by atoms with Gasteiger partial charge in [0.2, 0.25) is 6.41 Å². The Kier molecular flexibility index (Phi) is 1.38. The van der Waals surface area contributed by atoms with E-state index in [4.69, 9.17) is 0 Å². The van der Waals surface area contributed by atoms with E-state index in [0.29, 0.717) is 6.41 Å². The van der Waals surface area contributed by atoms with Crippen molar-refractivity contribution in [1.29, 1.82) is 0 Å². The zero-order valence-electron chi connectivity index (χ0n) is 4.73. The molecule has 0 aromatic rings. The van der Waals surface area contributed by atoms with E-state index in [-0.39, 0.29) is 13.0 Å². The van der Waals surface area contributed by atoms with E-state index < -0.39 is 11.8 Å². The zero-order chi connectivity index (χ0) is 6.91. The van der Waals surface area contributed by atoms with Gasteiger partial charge in [-0.2, -0.15) is 0 Å². The van der Waals surface area contributed by atoms with E-state index in [1.54, 1.807) is 0 Å². The third kappa shape index (κ3) is 1.37. The van der Waals surface area contributed by atoms with Gasteiger partial charge in [0.25, 0.3) is 5.92 Å². The second-order valence-electron chi connectivity index (χ2n) is 2.19. The first-order valence-electron chi connectivity index (χ1n) is 2.71. The van der Waals surface area contributed by atoms with Crippen molar-refractivity contribution in [3.8, 4) is 0 Å². The molecule has 0 radical (unpaired) electrons. The van der Waals surface area contributed by atoms with Gasteiger partial charge in [0, 0.05) is 18.9 Å². The van der Waals surface area contributed by atoms with Crippen molar-refractivity contribution in [3.63, 3.8) is 0 Å². The molecule has 52 valence electrons. The summed E-state index contributed by atoms with van der Waals surface area (Å²) in [5.74, 6) is -3.11. The lowest BCUT2D eigenvalue weighted by molar-refractivity contribution is -0.109. The molecule has 1 amide bonds. The summed E-state index contributed by atoms with van der Waals surface area (Å²) in [5.41, 5.74) is 0. The van der Waals surface area contributed by atoms with E-state index in [1.165, 1.54) is 0 Å². The lowest BCUT2D eigenvalue weighted by atomic mass is 10.4. The van der Waals surface area contributed by atoms with Crippen LogP contribution in [0.5, 0.6) is 0 Å². The predicted octanol–water partition coefficient (Wildman–Crippen LogP) is 0.388. The SMILES string of the molecule is O=CNCC1CC1(F)F. The highest BCUT2D eigenvalue weighted by Crippen LogP contribution is 2.47. The lowest BCUT2D eigenvalue weighted by Gasteiger charge is -1.93. The van der Waals surface area contributed by atoms with Crippen LogP contribution in [-0.4, -0.2) is 18.9 Å². The summed E-state index contributed by atoms with van der Waals surface area (Å²) in [6, 6.07) is 0. The van der Waals surface area contributed by atoms with Crippen molar-refractivity contribution in [1.82, 2.24) is 5.32 Å². The van der Waals surface area contributed by atoms with Gasteiger partial charge in [-0.25, -0.2) is 8.78 Å². The molecule has 9 heavy (non-hydrogen) atoms. The standard InChI is InChI=1S/C5H7F2NO/c6-5(7)1-4(5)2-8-3-9/h3-4H,1-2H2,(H,8,9). The van der Waals surface area contributed by atoms with E-state index in [9.17, 15) is 13.6 Å². The molecular formula is C5H7F2NO. The highest BCUT2D eigenvalue weighted by Gasteiger charge is 2.56. The number of rotatable bonds is 3. The maximum Gasteiger partial charge on any atom is 0.253 e. The first-order chi connectivity index (χ1) is 4.17. The number of carbonyl (C=O) groups excluding carboxylic acids is 1. The molecule has 1 unspecified atom stereocenters. The Balaban J connectivity index is 2.12. The number of amides is 1. The Labute approximate surface area is 51.2 Å². The molecule has 0 spiro atoms. The van der Waals surface area contributed by atoms with Crippen LogP contribution >= 0.6 is 0 Å². The minimum absolute atomic E-state index is 0.0756. The average Bonchev–Trinajstić information content (AvgIpc) is 2.35. The van der Waals surface area contributed by atoms with Crippen LogP contribution in [0.1, 0.15) is 6.42 Å². The van der Waals surface area contributed by atoms with Crippen molar-refractivity contribution in [2.75, 3.05) is 6.54 Å². The number of hydrogen-bond acceptors (Lipinski definition) is 1. The van der Waals surface area contributed by atoms with Crippen LogP contribution in [0.3, 0.4) is 0 Å². The van der Waals surface area contributed by atoms with Gasteiger partial charge < -0.3 is 5.32 Å². The van der Waals surface area contributed by atoms with Gasteiger partial charge in [-0.1, -0.05) is 0 Å². The molecule has 0 bridgehead atoms. The molecule has 4 heteroatoms. The average molecular weight is 135 g/mol. The monoisotopic (exact) mass is 135 g/mol. The van der Waals surface area contributed by atoms with Gasteiger partial charge in [0.1, 0.15) is 0 Å². The van der Waals surface area contributed by atoms with E-state index >= 15 is 0 Å². The maximum atomic E-state index is 12.0. The van der Waals surface area contributed by atoms with Gasteiger partial charge in [-0.3, -0.25) is 4.79 Å². The Morgan fingerprint density at radius 1 is 1.78 bits per heavy atom. The first-order valence-corrected chi connectivity index (χ1v) is 2.71. The summed E-state index contributed by atoms with van der Waals surface area (Å²) in [6.45, 7) is 0.108. The molecule has 1 N–H and O–H groups in total. The number of nitrogens with one attached hydrogen (secondary N) is 1. The predicted molar refractivity (Wildman–Crippen MR) is 27.1 cm³/mol. The van der Waals surface area contributed by atoms with Crippen molar-refractivity contribution in [2.45, 2.75) is 12.3 Å². The van der Waals surface area contributed by atoms with Gasteiger partial charge in [0.15, 0.2) is 0 Å². The van der Waals surface area contributed by atoms with Gasteiger partial charge in [-0.05, 0) is 0 Å². The molecule has 0 heterocycles. The van der Waals surface area contributed by atoms with Crippen LogP contribution in [0.2, 0.25) is 0 Å². The van der Waals surface area contributed by atoms with Crippen molar-refractivity contribution < 1.29 is 13.6 Å². The normalized spacial score (nSPS) is 29.3. The highest BCUT2D eigenvalue weighted by molar-refractivity contribution is 5.46. The third-order valence-corrected chi connectivity index (χ3v) is 1.40. The zero-order valence-corrected chi connectivity index (χ0v) is 4.73. The minimum Gasteiger partial charge on any atom is -0.358 e. The number of hydrogen-bond donors (Lipinski definition) is 1. The quantitative estimate of drug-likeness (QED) is 0.557. The lowest BCUT2D eigenvalue weighted by Crippen LogP contribution is -2.16. The van der Waals surface area contributed by atoms with Gasteiger partial charge >= 0.3 is 0 Å². The Morgan fingerprint density at radius 3 is 2.67 bits per heavy atom. The highest BCUT2D eigenvalue weighted by atomic mass is 19.3. The summed E-state index contributed by atoms with van der Waals surface area (Å²) in [4.78, 5) is 9.59. The minimum atomic E-state index is -2.50. The summed E-state index contributed by atoms with van der Waals surface area (Å²) >= 11 is 0. The molecule has 1 fully saturated rings. The van der Waals surface area contributed by atoms with Crippen LogP contribution in [0.15, 0.2) is 0 Å². The van der Waals surface area contributed by atoms with Gasteiger partial charge in [0.05, 0.1) is 0 Å². The number of carbonyl (C=O) groups is 1. The summed E-state index contributed by atoms with van der Waals surface area (Å²) in [7, 11) is 0. The molecule has 1 saturated carbocycles. The molecule has 0 aromatic carbocycles. The fourth-order valence-corrected chi connectivity index (χ4v) is 0.681. The smallest absolute Gasteiger partial charge is 0.253 e. The molecule has 0 saturated heterocycles. The Hall–Kier alpha value is -0.670. The van der Waals surface area contributed by atoms with E-state index in [2.05, 4.69) is 5.32 Å². The van der Waals surface area contributed by atoms with Crippen LogP contribution in [0, 0.1) is 5.92 Å². The summed E-state index contributed by atoms with van der Waals surface area (Å²) in [5, 5.41) is 2.21. The van der Waals surface area contributed by atoms with Crippen molar-refractivity contribution >= 4 is 6.41 Å².